The summed E-state index contributed by atoms with van der Waals surface area (Å²) < 4.78 is 43.0. The molecule has 0 bridgehead atoms. The van der Waals surface area contributed by atoms with Gasteiger partial charge in [0.25, 0.3) is 5.91 Å². The minimum atomic E-state index is -3.67. The smallest absolute Gasteiger partial charge is 0.252 e. The lowest BCUT2D eigenvalue weighted by atomic mass is 10.0. The number of carbonyl (C=O) groups is 1. The molecule has 1 atom stereocenters. The molecule has 1 saturated heterocycles. The maximum absolute atomic E-state index is 13.5. The molecule has 3 aromatic rings. The number of nitrogens with zero attached hydrogens (tertiary/aromatic N) is 3. The van der Waals surface area contributed by atoms with E-state index in [0.717, 1.165) is 19.3 Å². The third kappa shape index (κ3) is 4.84. The number of sulfonamides is 1. The SMILES string of the molecule is Cc1ccc(S(=O)(=O)N2CCCCC2)cc1C(=O)N[C@@H](c1ccc(F)cc1)c1nccn1C. The molecule has 0 radical (unpaired) electrons. The molecule has 0 saturated carbocycles. The Morgan fingerprint density at radius 2 is 1.79 bits per heavy atom. The molecule has 1 aliphatic heterocycles. The lowest BCUT2D eigenvalue weighted by molar-refractivity contribution is 0.0940. The van der Waals surface area contributed by atoms with E-state index in [1.54, 1.807) is 48.1 Å². The van der Waals surface area contributed by atoms with Gasteiger partial charge < -0.3 is 9.88 Å². The third-order valence-electron chi connectivity index (χ3n) is 6.00. The van der Waals surface area contributed by atoms with Gasteiger partial charge in [0, 0.05) is 38.1 Å². The van der Waals surface area contributed by atoms with Gasteiger partial charge in [-0.3, -0.25) is 4.79 Å². The van der Waals surface area contributed by atoms with E-state index in [9.17, 15) is 17.6 Å². The fourth-order valence-electron chi connectivity index (χ4n) is 4.08. The molecule has 1 amide bonds. The topological polar surface area (TPSA) is 84.3 Å². The zero-order valence-corrected chi connectivity index (χ0v) is 19.5. The zero-order chi connectivity index (χ0) is 23.6. The molecule has 7 nitrogen and oxygen atoms in total. The van der Waals surface area contributed by atoms with Gasteiger partial charge in [0.05, 0.1) is 4.90 Å². The second-order valence-electron chi connectivity index (χ2n) is 8.30. The summed E-state index contributed by atoms with van der Waals surface area (Å²) in [4.78, 5) is 17.8. The van der Waals surface area contributed by atoms with Crippen molar-refractivity contribution in [2.75, 3.05) is 13.1 Å². The highest BCUT2D eigenvalue weighted by Crippen LogP contribution is 2.25. The second-order valence-corrected chi connectivity index (χ2v) is 10.2. The van der Waals surface area contributed by atoms with Crippen LogP contribution in [-0.2, 0) is 17.1 Å². The normalized spacial score (nSPS) is 15.8. The van der Waals surface area contributed by atoms with E-state index in [1.165, 1.54) is 22.5 Å². The molecule has 2 heterocycles. The van der Waals surface area contributed by atoms with Crippen molar-refractivity contribution in [2.45, 2.75) is 37.1 Å². The number of piperidine rings is 1. The number of aromatic nitrogens is 2. The molecule has 0 unspecified atom stereocenters. The molecular formula is C24H27FN4O3S. The van der Waals surface area contributed by atoms with Gasteiger partial charge in [-0.15, -0.1) is 0 Å². The summed E-state index contributed by atoms with van der Waals surface area (Å²) in [6.45, 7) is 2.74. The van der Waals surface area contributed by atoms with Crippen LogP contribution < -0.4 is 5.32 Å². The highest BCUT2D eigenvalue weighted by molar-refractivity contribution is 7.89. The van der Waals surface area contributed by atoms with Crippen molar-refractivity contribution in [1.82, 2.24) is 19.2 Å². The number of carbonyl (C=O) groups excluding carboxylic acids is 1. The van der Waals surface area contributed by atoms with Crippen LogP contribution in [0.4, 0.5) is 4.39 Å². The average molecular weight is 471 g/mol. The van der Waals surface area contributed by atoms with Crippen LogP contribution in [0.1, 0.15) is 52.6 Å². The largest absolute Gasteiger partial charge is 0.338 e. The summed E-state index contributed by atoms with van der Waals surface area (Å²) >= 11 is 0. The first-order valence-corrected chi connectivity index (χ1v) is 12.4. The van der Waals surface area contributed by atoms with Crippen molar-refractivity contribution >= 4 is 15.9 Å². The Morgan fingerprint density at radius 1 is 1.09 bits per heavy atom. The van der Waals surface area contributed by atoms with Crippen molar-refractivity contribution in [3.8, 4) is 0 Å². The van der Waals surface area contributed by atoms with Crippen molar-refractivity contribution in [3.63, 3.8) is 0 Å². The number of halogens is 1. The maximum atomic E-state index is 13.5. The number of rotatable bonds is 6. The maximum Gasteiger partial charge on any atom is 0.252 e. The molecule has 2 aromatic carbocycles. The number of aryl methyl sites for hydroxylation is 2. The predicted molar refractivity (Wildman–Crippen MR) is 123 cm³/mol. The number of hydrogen-bond acceptors (Lipinski definition) is 4. The van der Waals surface area contributed by atoms with Crippen LogP contribution in [0.25, 0.3) is 0 Å². The van der Waals surface area contributed by atoms with Gasteiger partial charge in [-0.25, -0.2) is 17.8 Å². The van der Waals surface area contributed by atoms with Crippen LogP contribution in [0.15, 0.2) is 59.8 Å². The first-order chi connectivity index (χ1) is 15.8. The Bertz CT molecular complexity index is 1250. The Morgan fingerprint density at radius 3 is 2.42 bits per heavy atom. The summed E-state index contributed by atoms with van der Waals surface area (Å²) in [5, 5.41) is 2.96. The minimum Gasteiger partial charge on any atom is -0.338 e. The van der Waals surface area contributed by atoms with Gasteiger partial charge >= 0.3 is 0 Å². The van der Waals surface area contributed by atoms with Crippen molar-refractivity contribution in [1.29, 1.82) is 0 Å². The minimum absolute atomic E-state index is 0.107. The average Bonchev–Trinajstić information content (AvgIpc) is 3.24. The summed E-state index contributed by atoms with van der Waals surface area (Å²) in [7, 11) is -1.87. The van der Waals surface area contributed by atoms with Crippen LogP contribution in [-0.4, -0.2) is 41.3 Å². The fourth-order valence-corrected chi connectivity index (χ4v) is 5.62. The molecule has 33 heavy (non-hydrogen) atoms. The molecular weight excluding hydrogens is 443 g/mol. The summed E-state index contributed by atoms with van der Waals surface area (Å²) in [6, 6.07) is 9.85. The van der Waals surface area contributed by atoms with Crippen molar-refractivity contribution < 1.29 is 17.6 Å². The fraction of sp³-hybridized carbons (Fsp3) is 0.333. The van der Waals surface area contributed by atoms with Gasteiger partial charge in [0.1, 0.15) is 17.7 Å². The van der Waals surface area contributed by atoms with E-state index < -0.39 is 22.0 Å². The molecule has 1 fully saturated rings. The van der Waals surface area contributed by atoms with E-state index in [4.69, 9.17) is 0 Å². The molecule has 0 aliphatic carbocycles. The lowest BCUT2D eigenvalue weighted by Gasteiger charge is -2.26. The first-order valence-electron chi connectivity index (χ1n) is 10.9. The van der Waals surface area contributed by atoms with Crippen molar-refractivity contribution in [3.05, 3.63) is 83.2 Å². The van der Waals surface area contributed by atoms with Crippen LogP contribution in [0.5, 0.6) is 0 Å². The Balaban J connectivity index is 1.67. The second kappa shape index (κ2) is 9.44. The highest BCUT2D eigenvalue weighted by atomic mass is 32.2. The molecule has 9 heteroatoms. The van der Waals surface area contributed by atoms with E-state index >= 15 is 0 Å². The molecule has 174 valence electrons. The van der Waals surface area contributed by atoms with Gasteiger partial charge in [-0.2, -0.15) is 4.31 Å². The van der Waals surface area contributed by atoms with Gasteiger partial charge in [0.2, 0.25) is 10.0 Å². The monoisotopic (exact) mass is 470 g/mol. The molecule has 0 spiro atoms. The number of imidazole rings is 1. The lowest BCUT2D eigenvalue weighted by Crippen LogP contribution is -2.36. The molecule has 1 N–H and O–H groups in total. The molecule has 4 rings (SSSR count). The molecule has 1 aromatic heterocycles. The first kappa shape index (κ1) is 23.1. The quantitative estimate of drug-likeness (QED) is 0.597. The van der Waals surface area contributed by atoms with E-state index in [0.29, 0.717) is 30.0 Å². The summed E-state index contributed by atoms with van der Waals surface area (Å²) in [5.41, 5.74) is 1.59. The van der Waals surface area contributed by atoms with E-state index in [1.807, 2.05) is 7.05 Å². The standard InChI is InChI=1S/C24H27FN4O3S/c1-17-6-11-20(33(31,32)29-13-4-3-5-14-29)16-21(17)24(30)27-22(23-26-12-15-28(23)2)18-7-9-19(25)10-8-18/h6-12,15-16,22H,3-5,13-14H2,1-2H3,(H,27,30)/t22-/m0/s1. The Labute approximate surface area is 193 Å². The summed E-state index contributed by atoms with van der Waals surface area (Å²) in [5.74, 6) is -0.236. The van der Waals surface area contributed by atoms with E-state index in [2.05, 4.69) is 10.3 Å². The van der Waals surface area contributed by atoms with Crippen LogP contribution in [0.3, 0.4) is 0 Å². The van der Waals surface area contributed by atoms with Gasteiger partial charge in [-0.05, 0) is 55.2 Å². The Hall–Kier alpha value is -3.04. The number of hydrogen-bond donors (Lipinski definition) is 1. The van der Waals surface area contributed by atoms with Crippen molar-refractivity contribution in [2.24, 2.45) is 7.05 Å². The number of nitrogens with one attached hydrogen (secondary N) is 1. The van der Waals surface area contributed by atoms with Crippen LogP contribution >= 0.6 is 0 Å². The summed E-state index contributed by atoms with van der Waals surface area (Å²) in [6.07, 6.45) is 6.07. The van der Waals surface area contributed by atoms with Gasteiger partial charge in [-0.1, -0.05) is 24.6 Å². The van der Waals surface area contributed by atoms with Crippen LogP contribution in [0, 0.1) is 12.7 Å². The molecule has 1 aliphatic rings. The zero-order valence-electron chi connectivity index (χ0n) is 18.7. The van der Waals surface area contributed by atoms with Crippen LogP contribution in [0.2, 0.25) is 0 Å². The highest BCUT2D eigenvalue weighted by Gasteiger charge is 2.28. The van der Waals surface area contributed by atoms with Gasteiger partial charge in [0.15, 0.2) is 0 Å². The number of amides is 1. The third-order valence-corrected chi connectivity index (χ3v) is 7.90. The number of benzene rings is 2. The van der Waals surface area contributed by atoms with E-state index in [-0.39, 0.29) is 16.3 Å². The predicted octanol–water partition coefficient (Wildman–Crippen LogP) is 3.56. The Kier molecular flexibility index (Phi) is 6.62.